The predicted octanol–water partition coefficient (Wildman–Crippen LogP) is 6.73. The number of hydrogen-bond donors (Lipinski definition) is 0. The van der Waals surface area contributed by atoms with E-state index in [0.29, 0.717) is 24.7 Å². The second-order valence-corrected chi connectivity index (χ2v) is 8.63. The Labute approximate surface area is 234 Å². The zero-order valence-corrected chi connectivity index (χ0v) is 22.3. The molecule has 7 heteroatoms. The SMILES string of the molecule is C=CC(=O)OCCCCCCOc1ccc(-c2ccc(/C=C/C(=O)Oc3ccc(OC(=O)C=C)cc3)cc2)cc1. The molecule has 0 N–H and O–H groups in total. The summed E-state index contributed by atoms with van der Waals surface area (Å²) in [7, 11) is 0. The monoisotopic (exact) mass is 540 g/mol. The molecule has 0 saturated carbocycles. The van der Waals surface area contributed by atoms with Gasteiger partial charge in [-0.3, -0.25) is 0 Å². The van der Waals surface area contributed by atoms with Crippen LogP contribution in [-0.2, 0) is 19.1 Å². The molecule has 0 bridgehead atoms. The molecule has 0 atom stereocenters. The van der Waals surface area contributed by atoms with E-state index in [4.69, 9.17) is 18.9 Å². The van der Waals surface area contributed by atoms with Crippen LogP contribution < -0.4 is 14.2 Å². The Kier molecular flexibility index (Phi) is 12.0. The number of rotatable bonds is 15. The van der Waals surface area contributed by atoms with Crippen molar-refractivity contribution in [3.05, 3.63) is 110 Å². The van der Waals surface area contributed by atoms with Gasteiger partial charge in [0.05, 0.1) is 13.2 Å². The standard InChI is InChI=1S/C33H32O7/c1-3-31(34)38-24-8-6-5-7-23-37-28-16-14-27(15-17-28)26-12-9-25(10-13-26)11-22-33(36)40-30-20-18-29(19-21-30)39-32(35)4-2/h3-4,9-22H,1-2,5-8,23-24H2/b22-11+. The van der Waals surface area contributed by atoms with Gasteiger partial charge in [-0.2, -0.15) is 0 Å². The third-order valence-electron chi connectivity index (χ3n) is 5.66. The number of hydrogen-bond acceptors (Lipinski definition) is 7. The second-order valence-electron chi connectivity index (χ2n) is 8.63. The van der Waals surface area contributed by atoms with E-state index in [1.165, 1.54) is 36.4 Å². The maximum absolute atomic E-state index is 12.2. The second kappa shape index (κ2) is 16.1. The molecule has 0 fully saturated rings. The predicted molar refractivity (Wildman–Crippen MR) is 154 cm³/mol. The molecule has 0 spiro atoms. The summed E-state index contributed by atoms with van der Waals surface area (Å²) in [5.41, 5.74) is 2.95. The van der Waals surface area contributed by atoms with Crippen LogP contribution in [0.2, 0.25) is 0 Å². The third-order valence-corrected chi connectivity index (χ3v) is 5.66. The van der Waals surface area contributed by atoms with Crippen molar-refractivity contribution in [2.75, 3.05) is 13.2 Å². The third kappa shape index (κ3) is 10.5. The highest BCUT2D eigenvalue weighted by molar-refractivity contribution is 5.89. The lowest BCUT2D eigenvalue weighted by molar-refractivity contribution is -0.138. The first kappa shape index (κ1) is 29.6. The molecule has 3 aromatic rings. The summed E-state index contributed by atoms with van der Waals surface area (Å²) in [5.74, 6) is 0.00910. The van der Waals surface area contributed by atoms with Gasteiger partial charge in [-0.1, -0.05) is 49.6 Å². The summed E-state index contributed by atoms with van der Waals surface area (Å²) in [5, 5.41) is 0. The molecule has 0 amide bonds. The minimum Gasteiger partial charge on any atom is -0.494 e. The molecule has 3 rings (SSSR count). The lowest BCUT2D eigenvalue weighted by Crippen LogP contribution is -2.05. The number of benzene rings is 3. The fraction of sp³-hybridized carbons (Fsp3) is 0.182. The maximum Gasteiger partial charge on any atom is 0.336 e. The Hall–Kier alpha value is -4.91. The maximum atomic E-state index is 12.2. The summed E-state index contributed by atoms with van der Waals surface area (Å²) in [6.07, 6.45) is 9.01. The fourth-order valence-electron chi connectivity index (χ4n) is 3.56. The highest BCUT2D eigenvalue weighted by Gasteiger charge is 2.04. The molecule has 0 aliphatic carbocycles. The van der Waals surface area contributed by atoms with Crippen LogP contribution in [0.1, 0.15) is 31.2 Å². The van der Waals surface area contributed by atoms with Crippen LogP contribution in [0.4, 0.5) is 0 Å². The van der Waals surface area contributed by atoms with Gasteiger partial charge in [0.2, 0.25) is 0 Å². The Bertz CT molecular complexity index is 1300. The number of ether oxygens (including phenoxy) is 4. The van der Waals surface area contributed by atoms with Gasteiger partial charge >= 0.3 is 17.9 Å². The first-order valence-electron chi connectivity index (χ1n) is 12.9. The van der Waals surface area contributed by atoms with Crippen molar-refractivity contribution < 1.29 is 33.3 Å². The Morgan fingerprint density at radius 1 is 0.575 bits per heavy atom. The molecular formula is C33H32O7. The Morgan fingerprint density at radius 3 is 1.65 bits per heavy atom. The van der Waals surface area contributed by atoms with E-state index in [1.54, 1.807) is 6.08 Å². The van der Waals surface area contributed by atoms with Crippen LogP contribution in [0.15, 0.2) is 104 Å². The molecular weight excluding hydrogens is 508 g/mol. The van der Waals surface area contributed by atoms with E-state index < -0.39 is 11.9 Å². The van der Waals surface area contributed by atoms with Crippen molar-refractivity contribution >= 4 is 24.0 Å². The average molecular weight is 541 g/mol. The number of esters is 3. The molecule has 3 aromatic carbocycles. The average Bonchev–Trinajstić information content (AvgIpc) is 2.98. The van der Waals surface area contributed by atoms with Gasteiger partial charge < -0.3 is 18.9 Å². The molecule has 0 aliphatic rings. The van der Waals surface area contributed by atoms with Crippen molar-refractivity contribution in [1.29, 1.82) is 0 Å². The van der Waals surface area contributed by atoms with Gasteiger partial charge in [0.25, 0.3) is 0 Å². The van der Waals surface area contributed by atoms with Crippen LogP contribution >= 0.6 is 0 Å². The van der Waals surface area contributed by atoms with Gasteiger partial charge in [-0.15, -0.1) is 0 Å². The zero-order valence-electron chi connectivity index (χ0n) is 22.3. The van der Waals surface area contributed by atoms with Crippen molar-refractivity contribution in [2.24, 2.45) is 0 Å². The molecule has 0 unspecified atom stereocenters. The van der Waals surface area contributed by atoms with Gasteiger partial charge in [-0.25, -0.2) is 14.4 Å². The number of carbonyl (C=O) groups excluding carboxylic acids is 3. The highest BCUT2D eigenvalue weighted by Crippen LogP contribution is 2.24. The normalized spacial score (nSPS) is 10.5. The van der Waals surface area contributed by atoms with E-state index in [-0.39, 0.29) is 5.97 Å². The first-order valence-corrected chi connectivity index (χ1v) is 12.9. The van der Waals surface area contributed by atoms with Crippen LogP contribution in [0.25, 0.3) is 17.2 Å². The van der Waals surface area contributed by atoms with Gasteiger partial charge in [0.15, 0.2) is 0 Å². The summed E-state index contributed by atoms with van der Waals surface area (Å²) >= 11 is 0. The van der Waals surface area contributed by atoms with Crippen molar-refractivity contribution in [1.82, 2.24) is 0 Å². The zero-order chi connectivity index (χ0) is 28.6. The first-order chi connectivity index (χ1) is 19.5. The van der Waals surface area contributed by atoms with Crippen molar-refractivity contribution in [3.63, 3.8) is 0 Å². The quantitative estimate of drug-likeness (QED) is 0.0914. The van der Waals surface area contributed by atoms with Crippen LogP contribution in [-0.4, -0.2) is 31.1 Å². The molecule has 0 radical (unpaired) electrons. The minimum absolute atomic E-state index is 0.330. The summed E-state index contributed by atoms with van der Waals surface area (Å²) in [4.78, 5) is 34.4. The van der Waals surface area contributed by atoms with E-state index in [0.717, 1.165) is 54.2 Å². The number of carbonyl (C=O) groups is 3. The lowest BCUT2D eigenvalue weighted by atomic mass is 10.0. The van der Waals surface area contributed by atoms with E-state index >= 15 is 0 Å². The van der Waals surface area contributed by atoms with E-state index in [9.17, 15) is 14.4 Å². The van der Waals surface area contributed by atoms with Gasteiger partial charge in [0, 0.05) is 18.2 Å². The van der Waals surface area contributed by atoms with Crippen LogP contribution in [0.3, 0.4) is 0 Å². The molecule has 40 heavy (non-hydrogen) atoms. The van der Waals surface area contributed by atoms with Crippen molar-refractivity contribution in [3.8, 4) is 28.4 Å². The molecule has 0 saturated heterocycles. The molecule has 0 aliphatic heterocycles. The van der Waals surface area contributed by atoms with Crippen LogP contribution in [0.5, 0.6) is 17.2 Å². The summed E-state index contributed by atoms with van der Waals surface area (Å²) < 4.78 is 21.0. The van der Waals surface area contributed by atoms with Crippen molar-refractivity contribution in [2.45, 2.75) is 25.7 Å². The van der Waals surface area contributed by atoms with E-state index in [1.807, 2.05) is 48.5 Å². The molecule has 0 aromatic heterocycles. The summed E-state index contributed by atoms with van der Waals surface area (Å²) in [6.45, 7) is 7.76. The molecule has 0 heterocycles. The lowest BCUT2D eigenvalue weighted by Gasteiger charge is -2.08. The minimum atomic E-state index is -0.564. The Balaban J connectivity index is 1.39. The van der Waals surface area contributed by atoms with Gasteiger partial charge in [-0.05, 0) is 84.8 Å². The topological polar surface area (TPSA) is 88.1 Å². The Morgan fingerprint density at radius 2 is 1.07 bits per heavy atom. The number of unbranched alkanes of at least 4 members (excludes halogenated alkanes) is 3. The van der Waals surface area contributed by atoms with E-state index in [2.05, 4.69) is 13.2 Å². The summed E-state index contributed by atoms with van der Waals surface area (Å²) in [6, 6.07) is 21.9. The molecule has 206 valence electrons. The van der Waals surface area contributed by atoms with Gasteiger partial charge in [0.1, 0.15) is 17.2 Å². The fourth-order valence-corrected chi connectivity index (χ4v) is 3.56. The smallest absolute Gasteiger partial charge is 0.336 e. The largest absolute Gasteiger partial charge is 0.494 e. The highest BCUT2D eigenvalue weighted by atomic mass is 16.5. The molecule has 7 nitrogen and oxygen atoms in total. The van der Waals surface area contributed by atoms with Crippen LogP contribution in [0, 0.1) is 0 Å².